The zero-order valence-electron chi connectivity index (χ0n) is 19.0. The summed E-state index contributed by atoms with van der Waals surface area (Å²) < 4.78 is 10.6. The van der Waals surface area contributed by atoms with Crippen molar-refractivity contribution in [1.82, 2.24) is 9.97 Å². The lowest BCUT2D eigenvalue weighted by Crippen LogP contribution is -2.30. The Balaban J connectivity index is 1.84. The van der Waals surface area contributed by atoms with Gasteiger partial charge in [-0.1, -0.05) is 13.3 Å². The van der Waals surface area contributed by atoms with E-state index in [-0.39, 0.29) is 18.1 Å². The van der Waals surface area contributed by atoms with Crippen LogP contribution in [0.1, 0.15) is 55.8 Å². The molecule has 0 bridgehead atoms. The van der Waals surface area contributed by atoms with E-state index in [0.29, 0.717) is 34.5 Å². The van der Waals surface area contributed by atoms with E-state index in [4.69, 9.17) is 9.47 Å². The second-order valence-corrected chi connectivity index (χ2v) is 7.91. The molecule has 1 aromatic carbocycles. The molecule has 4 N–H and O–H groups in total. The van der Waals surface area contributed by atoms with Crippen molar-refractivity contribution in [2.75, 3.05) is 36.7 Å². The maximum absolute atomic E-state index is 13.2. The summed E-state index contributed by atoms with van der Waals surface area (Å²) in [5.41, 5.74) is 0.829. The fraction of sp³-hybridized carbons (Fsp3) is 0.522. The molecule has 1 heterocycles. The zero-order chi connectivity index (χ0) is 22.9. The molecule has 1 amide bonds. The lowest BCUT2D eigenvalue weighted by molar-refractivity contribution is 0.102. The first kappa shape index (κ1) is 23.6. The van der Waals surface area contributed by atoms with E-state index < -0.39 is 0 Å². The minimum atomic E-state index is -0.352. The molecule has 1 aliphatic carbocycles. The number of unbranched alkanes of at least 4 members (excludes halogenated alkanes) is 1. The van der Waals surface area contributed by atoms with Crippen LogP contribution in [0.25, 0.3) is 0 Å². The third kappa shape index (κ3) is 6.23. The Morgan fingerprint density at radius 3 is 2.66 bits per heavy atom. The molecule has 0 unspecified atom stereocenters. The molecule has 0 spiro atoms. The van der Waals surface area contributed by atoms with E-state index in [2.05, 4.69) is 32.8 Å². The predicted octanol–water partition coefficient (Wildman–Crippen LogP) is 3.67. The number of benzene rings is 1. The largest absolute Gasteiger partial charge is 0.497 e. The van der Waals surface area contributed by atoms with E-state index in [1.165, 1.54) is 6.20 Å². The first-order valence-corrected chi connectivity index (χ1v) is 11.1. The quantitative estimate of drug-likeness (QED) is 0.411. The molecule has 0 atom stereocenters. The predicted molar refractivity (Wildman–Crippen MR) is 125 cm³/mol. The van der Waals surface area contributed by atoms with Gasteiger partial charge in [0.25, 0.3) is 5.91 Å². The van der Waals surface area contributed by atoms with Gasteiger partial charge in [0.2, 0.25) is 5.95 Å². The number of nitrogens with one attached hydrogen (secondary N) is 3. The number of amides is 1. The lowest BCUT2D eigenvalue weighted by Gasteiger charge is -2.27. The van der Waals surface area contributed by atoms with E-state index in [1.807, 2.05) is 0 Å². The summed E-state index contributed by atoms with van der Waals surface area (Å²) >= 11 is 0. The van der Waals surface area contributed by atoms with Crippen LogP contribution in [0.4, 0.5) is 17.5 Å². The zero-order valence-corrected chi connectivity index (χ0v) is 19.0. The summed E-state index contributed by atoms with van der Waals surface area (Å²) in [5, 5.41) is 19.3. The average Bonchev–Trinajstić information content (AvgIpc) is 2.80. The molecule has 0 aliphatic heterocycles. The van der Waals surface area contributed by atoms with Crippen molar-refractivity contribution in [1.29, 1.82) is 0 Å². The number of aliphatic hydroxyl groups is 1. The smallest absolute Gasteiger partial charge is 0.261 e. The van der Waals surface area contributed by atoms with Crippen molar-refractivity contribution in [3.05, 3.63) is 30.0 Å². The molecule has 1 saturated carbocycles. The number of carbonyl (C=O) groups excluding carboxylic acids is 1. The minimum absolute atomic E-state index is 0.134. The number of rotatable bonds is 10. The fourth-order valence-electron chi connectivity index (χ4n) is 3.64. The van der Waals surface area contributed by atoms with Gasteiger partial charge >= 0.3 is 0 Å². The highest BCUT2D eigenvalue weighted by molar-refractivity contribution is 6.08. The van der Waals surface area contributed by atoms with Crippen LogP contribution in [-0.4, -0.2) is 53.9 Å². The summed E-state index contributed by atoms with van der Waals surface area (Å²) in [6, 6.07) is 5.33. The van der Waals surface area contributed by atoms with Gasteiger partial charge in [0.1, 0.15) is 22.9 Å². The molecule has 1 fully saturated rings. The number of anilines is 3. The van der Waals surface area contributed by atoms with Gasteiger partial charge in [-0.3, -0.25) is 4.79 Å². The first-order chi connectivity index (χ1) is 15.5. The second kappa shape index (κ2) is 11.5. The van der Waals surface area contributed by atoms with Crippen LogP contribution in [-0.2, 0) is 0 Å². The third-order valence-electron chi connectivity index (χ3n) is 5.54. The van der Waals surface area contributed by atoms with Crippen LogP contribution in [0.5, 0.6) is 11.5 Å². The number of hydrogen-bond acceptors (Lipinski definition) is 8. The number of hydrogen-bond donors (Lipinski definition) is 4. The molecular formula is C23H33N5O4. The van der Waals surface area contributed by atoms with Crippen LogP contribution >= 0.6 is 0 Å². The molecule has 2 aromatic rings. The summed E-state index contributed by atoms with van der Waals surface area (Å²) in [5.74, 6) is 1.72. The third-order valence-corrected chi connectivity index (χ3v) is 5.54. The van der Waals surface area contributed by atoms with Gasteiger partial charge in [-0.05, 0) is 44.2 Å². The van der Waals surface area contributed by atoms with Gasteiger partial charge in [0.05, 0.1) is 26.0 Å². The van der Waals surface area contributed by atoms with Gasteiger partial charge in [-0.2, -0.15) is 4.98 Å². The van der Waals surface area contributed by atoms with Crippen LogP contribution < -0.4 is 25.4 Å². The van der Waals surface area contributed by atoms with Crippen molar-refractivity contribution in [2.45, 2.75) is 57.6 Å². The topological polar surface area (TPSA) is 118 Å². The number of methoxy groups -OCH3 is 2. The minimum Gasteiger partial charge on any atom is -0.497 e. The molecule has 1 aromatic heterocycles. The maximum Gasteiger partial charge on any atom is 0.261 e. The molecule has 1 aliphatic rings. The van der Waals surface area contributed by atoms with Gasteiger partial charge in [0.15, 0.2) is 0 Å². The summed E-state index contributed by atoms with van der Waals surface area (Å²) in [6.07, 6.45) is 6.43. The number of carbonyl (C=O) groups is 1. The van der Waals surface area contributed by atoms with Crippen LogP contribution in [0, 0.1) is 0 Å². The van der Waals surface area contributed by atoms with Gasteiger partial charge < -0.3 is 30.5 Å². The molecule has 0 saturated heterocycles. The molecule has 3 rings (SSSR count). The Hall–Kier alpha value is -3.07. The Morgan fingerprint density at radius 1 is 1.19 bits per heavy atom. The van der Waals surface area contributed by atoms with E-state index >= 15 is 0 Å². The van der Waals surface area contributed by atoms with Crippen molar-refractivity contribution < 1.29 is 19.4 Å². The number of aromatic nitrogens is 2. The Bertz CT molecular complexity index is 900. The second-order valence-electron chi connectivity index (χ2n) is 7.91. The van der Waals surface area contributed by atoms with Crippen molar-refractivity contribution >= 4 is 23.4 Å². The molecule has 9 heteroatoms. The lowest BCUT2D eigenvalue weighted by atomic mass is 9.93. The molecule has 9 nitrogen and oxygen atoms in total. The Morgan fingerprint density at radius 2 is 1.97 bits per heavy atom. The SMILES string of the molecule is CCCCNc1ncc(C(=O)Nc2cc(OC)ccc2OC)c(NC2CCC(O)CC2)n1. The number of aliphatic hydroxyl groups excluding tert-OH is 1. The van der Waals surface area contributed by atoms with Gasteiger partial charge in [-0.25, -0.2) is 4.98 Å². The maximum atomic E-state index is 13.2. The molecule has 32 heavy (non-hydrogen) atoms. The highest BCUT2D eigenvalue weighted by Crippen LogP contribution is 2.30. The van der Waals surface area contributed by atoms with E-state index in [1.54, 1.807) is 32.4 Å². The fourth-order valence-corrected chi connectivity index (χ4v) is 3.64. The summed E-state index contributed by atoms with van der Waals surface area (Å²) in [7, 11) is 3.11. The summed E-state index contributed by atoms with van der Waals surface area (Å²) in [6.45, 7) is 2.88. The van der Waals surface area contributed by atoms with Crippen molar-refractivity contribution in [3.8, 4) is 11.5 Å². The average molecular weight is 444 g/mol. The van der Waals surface area contributed by atoms with Gasteiger partial charge in [0, 0.05) is 24.8 Å². The van der Waals surface area contributed by atoms with E-state index in [9.17, 15) is 9.90 Å². The number of ether oxygens (including phenoxy) is 2. The molecule has 174 valence electrons. The monoisotopic (exact) mass is 443 g/mol. The Kier molecular flexibility index (Phi) is 8.49. The van der Waals surface area contributed by atoms with Crippen molar-refractivity contribution in [3.63, 3.8) is 0 Å². The normalized spacial score (nSPS) is 18.0. The van der Waals surface area contributed by atoms with Crippen molar-refractivity contribution in [2.24, 2.45) is 0 Å². The van der Waals surface area contributed by atoms with Crippen LogP contribution in [0.2, 0.25) is 0 Å². The highest BCUT2D eigenvalue weighted by atomic mass is 16.5. The molecular weight excluding hydrogens is 410 g/mol. The molecule has 0 radical (unpaired) electrons. The highest BCUT2D eigenvalue weighted by Gasteiger charge is 2.23. The van der Waals surface area contributed by atoms with E-state index in [0.717, 1.165) is 45.1 Å². The first-order valence-electron chi connectivity index (χ1n) is 11.1. The van der Waals surface area contributed by atoms with Crippen LogP contribution in [0.15, 0.2) is 24.4 Å². The standard InChI is InChI=1S/C23H33N5O4/c1-4-5-12-24-23-25-14-18(21(28-23)26-15-6-8-16(29)9-7-15)22(30)27-19-13-17(31-2)10-11-20(19)32-3/h10-11,13-16,29H,4-9,12H2,1-3H3,(H,27,30)(H2,24,25,26,28). The van der Waals surface area contributed by atoms with Crippen LogP contribution in [0.3, 0.4) is 0 Å². The summed E-state index contributed by atoms with van der Waals surface area (Å²) in [4.78, 5) is 22.1. The van der Waals surface area contributed by atoms with Gasteiger partial charge in [-0.15, -0.1) is 0 Å². The Labute approximate surface area is 188 Å². The number of nitrogens with zero attached hydrogens (tertiary/aromatic N) is 2.